The summed E-state index contributed by atoms with van der Waals surface area (Å²) in [5.41, 5.74) is 4.43. The Bertz CT molecular complexity index is 1210. The number of amides is 2. The fourth-order valence-corrected chi connectivity index (χ4v) is 3.08. The van der Waals surface area contributed by atoms with Crippen LogP contribution in [-0.2, 0) is 4.79 Å². The van der Waals surface area contributed by atoms with Crippen LogP contribution in [0.1, 0.15) is 17.3 Å². The number of aromatic nitrogens is 2. The van der Waals surface area contributed by atoms with E-state index in [1.165, 1.54) is 6.92 Å². The highest BCUT2D eigenvalue weighted by Crippen LogP contribution is 2.24. The molecule has 0 atom stereocenters. The van der Waals surface area contributed by atoms with Crippen LogP contribution in [-0.4, -0.2) is 28.9 Å². The maximum absolute atomic E-state index is 12.5. The quantitative estimate of drug-likeness (QED) is 0.461. The van der Waals surface area contributed by atoms with Crippen molar-refractivity contribution in [2.75, 3.05) is 17.7 Å². The second-order valence-electron chi connectivity index (χ2n) is 6.76. The molecular formula is C23H20N4O3. The van der Waals surface area contributed by atoms with Crippen LogP contribution in [0.25, 0.3) is 22.4 Å². The van der Waals surface area contributed by atoms with Crippen LogP contribution < -0.4 is 15.4 Å². The van der Waals surface area contributed by atoms with Crippen molar-refractivity contribution in [3.63, 3.8) is 0 Å². The molecule has 0 fully saturated rings. The number of hydrogen-bond donors (Lipinski definition) is 3. The molecule has 1 heterocycles. The van der Waals surface area contributed by atoms with E-state index in [0.717, 1.165) is 22.3 Å². The second kappa shape index (κ2) is 8.08. The number of hydrogen-bond acceptors (Lipinski definition) is 4. The first-order valence-corrected chi connectivity index (χ1v) is 9.35. The van der Waals surface area contributed by atoms with Crippen LogP contribution in [0, 0.1) is 0 Å². The number of carbonyl (C=O) groups excluding carboxylic acids is 2. The number of anilines is 2. The predicted octanol–water partition coefficient (Wildman–Crippen LogP) is 4.45. The van der Waals surface area contributed by atoms with Gasteiger partial charge < -0.3 is 20.4 Å². The molecular weight excluding hydrogens is 380 g/mol. The number of ether oxygens (including phenoxy) is 1. The normalized spacial score (nSPS) is 10.6. The van der Waals surface area contributed by atoms with Gasteiger partial charge in [0.2, 0.25) is 5.91 Å². The van der Waals surface area contributed by atoms with Crippen LogP contribution in [0.4, 0.5) is 11.4 Å². The van der Waals surface area contributed by atoms with Crippen molar-refractivity contribution < 1.29 is 14.3 Å². The van der Waals surface area contributed by atoms with E-state index in [-0.39, 0.29) is 11.8 Å². The molecule has 0 aliphatic heterocycles. The molecule has 0 saturated heterocycles. The maximum Gasteiger partial charge on any atom is 0.255 e. The van der Waals surface area contributed by atoms with E-state index in [9.17, 15) is 9.59 Å². The highest BCUT2D eigenvalue weighted by molar-refractivity contribution is 6.05. The van der Waals surface area contributed by atoms with E-state index in [4.69, 9.17) is 4.74 Å². The Morgan fingerprint density at radius 1 is 0.900 bits per heavy atom. The summed E-state index contributed by atoms with van der Waals surface area (Å²) in [5.74, 6) is 1.09. The molecule has 3 aromatic carbocycles. The van der Waals surface area contributed by atoms with Crippen molar-refractivity contribution in [2.24, 2.45) is 0 Å². The number of methoxy groups -OCH3 is 1. The van der Waals surface area contributed by atoms with Gasteiger partial charge in [0.25, 0.3) is 5.91 Å². The third-order valence-electron chi connectivity index (χ3n) is 4.57. The molecule has 0 unspecified atom stereocenters. The van der Waals surface area contributed by atoms with E-state index in [1.54, 1.807) is 31.4 Å². The number of imidazole rings is 1. The second-order valence-corrected chi connectivity index (χ2v) is 6.76. The van der Waals surface area contributed by atoms with E-state index in [2.05, 4.69) is 20.6 Å². The lowest BCUT2D eigenvalue weighted by Crippen LogP contribution is -2.11. The van der Waals surface area contributed by atoms with Gasteiger partial charge in [-0.3, -0.25) is 9.59 Å². The molecule has 0 bridgehead atoms. The summed E-state index contributed by atoms with van der Waals surface area (Å²) in [6, 6.07) is 19.8. The average Bonchev–Trinajstić information content (AvgIpc) is 3.17. The van der Waals surface area contributed by atoms with Crippen molar-refractivity contribution in [1.82, 2.24) is 9.97 Å². The molecule has 0 spiro atoms. The number of H-pyrrole nitrogens is 1. The zero-order valence-corrected chi connectivity index (χ0v) is 16.5. The van der Waals surface area contributed by atoms with Crippen LogP contribution in [0.15, 0.2) is 66.7 Å². The molecule has 0 aliphatic carbocycles. The molecule has 0 aliphatic rings. The van der Waals surface area contributed by atoms with E-state index < -0.39 is 0 Å². The third-order valence-corrected chi connectivity index (χ3v) is 4.57. The summed E-state index contributed by atoms with van der Waals surface area (Å²) in [5, 5.41) is 5.63. The number of aromatic amines is 1. The van der Waals surface area contributed by atoms with Crippen LogP contribution >= 0.6 is 0 Å². The van der Waals surface area contributed by atoms with E-state index in [0.29, 0.717) is 22.8 Å². The lowest BCUT2D eigenvalue weighted by molar-refractivity contribution is -0.114. The van der Waals surface area contributed by atoms with Crippen molar-refractivity contribution in [2.45, 2.75) is 6.92 Å². The Morgan fingerprint density at radius 3 is 2.27 bits per heavy atom. The van der Waals surface area contributed by atoms with Gasteiger partial charge in [0, 0.05) is 29.4 Å². The first kappa shape index (κ1) is 19.2. The number of benzene rings is 3. The molecule has 30 heavy (non-hydrogen) atoms. The van der Waals surface area contributed by atoms with Gasteiger partial charge >= 0.3 is 0 Å². The lowest BCUT2D eigenvalue weighted by Gasteiger charge is -2.06. The van der Waals surface area contributed by atoms with Crippen molar-refractivity contribution in [1.29, 1.82) is 0 Å². The van der Waals surface area contributed by atoms with Gasteiger partial charge in [0.1, 0.15) is 11.6 Å². The van der Waals surface area contributed by atoms with E-state index in [1.807, 2.05) is 42.5 Å². The first-order chi connectivity index (χ1) is 14.5. The van der Waals surface area contributed by atoms with Crippen LogP contribution in [0.5, 0.6) is 5.75 Å². The zero-order valence-electron chi connectivity index (χ0n) is 16.5. The minimum Gasteiger partial charge on any atom is -0.497 e. The van der Waals surface area contributed by atoms with Gasteiger partial charge in [0.15, 0.2) is 0 Å². The van der Waals surface area contributed by atoms with Crippen molar-refractivity contribution >= 4 is 34.2 Å². The molecule has 0 saturated carbocycles. The SMILES string of the molecule is COc1ccc(C(=O)Nc2ccc3nc(-c4ccc(NC(C)=O)cc4)[nH]c3c2)cc1. The number of fused-ring (bicyclic) bond motifs is 1. The molecule has 150 valence electrons. The molecule has 4 rings (SSSR count). The minimum atomic E-state index is -0.203. The van der Waals surface area contributed by atoms with Crippen molar-refractivity contribution in [3.05, 3.63) is 72.3 Å². The van der Waals surface area contributed by atoms with Crippen LogP contribution in [0.3, 0.4) is 0 Å². The Morgan fingerprint density at radius 2 is 1.60 bits per heavy atom. The van der Waals surface area contributed by atoms with Gasteiger partial charge in [-0.05, 0) is 66.7 Å². The molecule has 0 radical (unpaired) electrons. The molecule has 7 nitrogen and oxygen atoms in total. The summed E-state index contributed by atoms with van der Waals surface area (Å²) in [7, 11) is 1.58. The molecule has 3 N–H and O–H groups in total. The molecule has 2 amide bonds. The Kier molecular flexibility index (Phi) is 5.17. The van der Waals surface area contributed by atoms with Gasteiger partial charge in [-0.25, -0.2) is 4.98 Å². The predicted molar refractivity (Wildman–Crippen MR) is 117 cm³/mol. The maximum atomic E-state index is 12.5. The van der Waals surface area contributed by atoms with Crippen molar-refractivity contribution in [3.8, 4) is 17.1 Å². The molecule has 1 aromatic heterocycles. The highest BCUT2D eigenvalue weighted by atomic mass is 16.5. The van der Waals surface area contributed by atoms with Gasteiger partial charge in [0.05, 0.1) is 18.1 Å². The first-order valence-electron chi connectivity index (χ1n) is 9.35. The summed E-state index contributed by atoms with van der Waals surface area (Å²) in [6.45, 7) is 1.47. The topological polar surface area (TPSA) is 96.1 Å². The lowest BCUT2D eigenvalue weighted by atomic mass is 10.2. The number of nitrogens with zero attached hydrogens (tertiary/aromatic N) is 1. The Balaban J connectivity index is 1.53. The standard InChI is InChI=1S/C23H20N4O3/c1-14(28)24-17-7-3-15(4-8-17)22-26-20-12-9-18(13-21(20)27-22)25-23(29)16-5-10-19(30-2)11-6-16/h3-13H,1-2H3,(H,24,28)(H,25,29)(H,26,27). The van der Waals surface area contributed by atoms with E-state index >= 15 is 0 Å². The molecule has 7 heteroatoms. The molecule has 4 aromatic rings. The van der Waals surface area contributed by atoms with Gasteiger partial charge in [-0.15, -0.1) is 0 Å². The average molecular weight is 400 g/mol. The number of carbonyl (C=O) groups is 2. The zero-order chi connectivity index (χ0) is 21.1. The van der Waals surface area contributed by atoms with Gasteiger partial charge in [-0.1, -0.05) is 0 Å². The highest BCUT2D eigenvalue weighted by Gasteiger charge is 2.10. The summed E-state index contributed by atoms with van der Waals surface area (Å²) >= 11 is 0. The fourth-order valence-electron chi connectivity index (χ4n) is 3.08. The summed E-state index contributed by atoms with van der Waals surface area (Å²) < 4.78 is 5.12. The largest absolute Gasteiger partial charge is 0.497 e. The van der Waals surface area contributed by atoms with Gasteiger partial charge in [-0.2, -0.15) is 0 Å². The minimum absolute atomic E-state index is 0.115. The Hall–Kier alpha value is -4.13. The Labute approximate surface area is 173 Å². The van der Waals surface area contributed by atoms with Crippen LogP contribution in [0.2, 0.25) is 0 Å². The monoisotopic (exact) mass is 400 g/mol. The number of nitrogens with one attached hydrogen (secondary N) is 3. The smallest absolute Gasteiger partial charge is 0.255 e. The summed E-state index contributed by atoms with van der Waals surface area (Å²) in [4.78, 5) is 31.5. The fraction of sp³-hybridized carbons (Fsp3) is 0.0870. The third kappa shape index (κ3) is 4.15. The number of rotatable bonds is 5. The summed E-state index contributed by atoms with van der Waals surface area (Å²) in [6.07, 6.45) is 0.